The average Bonchev–Trinajstić information content (AvgIpc) is 2.99. The second kappa shape index (κ2) is 5.54. The first-order valence-corrected chi connectivity index (χ1v) is 9.69. The molecule has 2 aromatic heterocycles. The Morgan fingerprint density at radius 2 is 1.96 bits per heavy atom. The van der Waals surface area contributed by atoms with Gasteiger partial charge >= 0.3 is 0 Å². The van der Waals surface area contributed by atoms with E-state index < -0.39 is 0 Å². The van der Waals surface area contributed by atoms with Crippen molar-refractivity contribution in [1.82, 2.24) is 4.98 Å². The second-order valence-corrected chi connectivity index (χ2v) is 8.03. The zero-order valence-electron chi connectivity index (χ0n) is 12.9. The number of aromatic nitrogens is 1. The van der Waals surface area contributed by atoms with Crippen molar-refractivity contribution in [2.45, 2.75) is 12.8 Å². The van der Waals surface area contributed by atoms with Crippen molar-refractivity contribution in [2.24, 2.45) is 0 Å². The summed E-state index contributed by atoms with van der Waals surface area (Å²) >= 11 is 5.39. The van der Waals surface area contributed by atoms with E-state index in [2.05, 4.69) is 76.6 Å². The van der Waals surface area contributed by atoms with Gasteiger partial charge in [-0.15, -0.1) is 11.3 Å². The van der Waals surface area contributed by atoms with Crippen molar-refractivity contribution < 1.29 is 0 Å². The molecule has 0 N–H and O–H groups in total. The molecule has 0 atom stereocenters. The van der Waals surface area contributed by atoms with E-state index in [1.807, 2.05) is 0 Å². The number of halogens is 1. The molecule has 0 radical (unpaired) electrons. The van der Waals surface area contributed by atoms with Crippen molar-refractivity contribution in [1.29, 1.82) is 0 Å². The summed E-state index contributed by atoms with van der Waals surface area (Å²) in [6.07, 6.45) is 6.72. The maximum atomic E-state index is 5.08. The number of allylic oxidation sites excluding steroid dienone is 1. The third-order valence-electron chi connectivity index (χ3n) is 4.62. The van der Waals surface area contributed by atoms with Crippen LogP contribution in [0.15, 0.2) is 59.1 Å². The van der Waals surface area contributed by atoms with Gasteiger partial charge < -0.3 is 0 Å². The lowest BCUT2D eigenvalue weighted by atomic mass is 9.91. The molecular weight excluding hydrogens is 378 g/mol. The number of hydrogen-bond donors (Lipinski definition) is 0. The van der Waals surface area contributed by atoms with Crippen molar-refractivity contribution in [3.05, 3.63) is 70.2 Å². The molecule has 116 valence electrons. The lowest BCUT2D eigenvalue weighted by Crippen LogP contribution is -2.00. The minimum atomic E-state index is 1.09. The molecule has 3 heteroatoms. The summed E-state index contributed by atoms with van der Waals surface area (Å²) in [6, 6.07) is 17.1. The highest BCUT2D eigenvalue weighted by molar-refractivity contribution is 9.10. The minimum Gasteiger partial charge on any atom is -0.236 e. The fourth-order valence-electron chi connectivity index (χ4n) is 3.57. The molecule has 1 nitrogen and oxygen atoms in total. The highest BCUT2D eigenvalue weighted by atomic mass is 79.9. The molecule has 0 saturated carbocycles. The van der Waals surface area contributed by atoms with Crippen LogP contribution in [0, 0.1) is 0 Å². The van der Waals surface area contributed by atoms with E-state index in [9.17, 15) is 0 Å². The molecule has 0 fully saturated rings. The topological polar surface area (TPSA) is 12.9 Å². The van der Waals surface area contributed by atoms with Crippen LogP contribution in [-0.4, -0.2) is 4.98 Å². The largest absolute Gasteiger partial charge is 0.236 e. The normalized spacial score (nSPS) is 13.5. The van der Waals surface area contributed by atoms with Crippen LogP contribution in [0.4, 0.5) is 0 Å². The molecule has 1 aliphatic rings. The van der Waals surface area contributed by atoms with E-state index in [0.29, 0.717) is 0 Å². The lowest BCUT2D eigenvalue weighted by molar-refractivity contribution is 0.995. The summed E-state index contributed by atoms with van der Waals surface area (Å²) < 4.78 is 2.41. The molecule has 0 aliphatic heterocycles. The highest BCUT2D eigenvalue weighted by Gasteiger charge is 2.19. The van der Waals surface area contributed by atoms with E-state index in [-0.39, 0.29) is 0 Å². The molecule has 5 rings (SSSR count). The number of benzene rings is 2. The summed E-state index contributed by atoms with van der Waals surface area (Å²) in [4.78, 5) is 6.24. The van der Waals surface area contributed by atoms with Gasteiger partial charge in [0.15, 0.2) is 0 Å². The van der Waals surface area contributed by atoms with Crippen LogP contribution >= 0.6 is 27.3 Å². The summed E-state index contributed by atoms with van der Waals surface area (Å²) in [5.41, 5.74) is 5.01. The Morgan fingerprint density at radius 3 is 2.88 bits per heavy atom. The Balaban J connectivity index is 1.92. The van der Waals surface area contributed by atoms with Crippen LogP contribution in [0.1, 0.15) is 17.5 Å². The summed E-state index contributed by atoms with van der Waals surface area (Å²) in [6.45, 7) is 0. The standard InChI is InChI=1S/C21H14BrNS/c22-14-7-5-6-13(12-14)20-16-9-2-1-8-15(16)19-17-10-3-4-11-18(17)24-21(19)23-20/h2-7,9-12H,1,8H2. The molecule has 2 aromatic carbocycles. The van der Waals surface area contributed by atoms with E-state index in [1.54, 1.807) is 11.3 Å². The minimum absolute atomic E-state index is 1.09. The quantitative estimate of drug-likeness (QED) is 0.346. The molecular formula is C21H14BrNS. The van der Waals surface area contributed by atoms with Gasteiger partial charge in [-0.2, -0.15) is 0 Å². The first-order chi connectivity index (χ1) is 11.8. The van der Waals surface area contributed by atoms with Crippen molar-refractivity contribution >= 4 is 53.6 Å². The van der Waals surface area contributed by atoms with Crippen molar-refractivity contribution in [3.63, 3.8) is 0 Å². The summed E-state index contributed by atoms with van der Waals surface area (Å²) in [7, 11) is 0. The highest BCUT2D eigenvalue weighted by Crippen LogP contribution is 2.41. The monoisotopic (exact) mass is 391 g/mol. The number of nitrogens with zero attached hydrogens (tertiary/aromatic N) is 1. The van der Waals surface area contributed by atoms with Gasteiger partial charge in [-0.25, -0.2) is 4.98 Å². The second-order valence-electron chi connectivity index (χ2n) is 6.08. The van der Waals surface area contributed by atoms with Gasteiger partial charge in [0.05, 0.1) is 5.69 Å². The van der Waals surface area contributed by atoms with Gasteiger partial charge in [0.1, 0.15) is 4.83 Å². The Hall–Kier alpha value is -1.97. The molecule has 0 unspecified atom stereocenters. The van der Waals surface area contributed by atoms with E-state index in [1.165, 1.54) is 32.2 Å². The number of hydrogen-bond acceptors (Lipinski definition) is 2. The maximum absolute atomic E-state index is 5.08. The van der Waals surface area contributed by atoms with E-state index in [0.717, 1.165) is 27.8 Å². The van der Waals surface area contributed by atoms with Crippen molar-refractivity contribution in [2.75, 3.05) is 0 Å². The van der Waals surface area contributed by atoms with E-state index in [4.69, 9.17) is 4.98 Å². The Labute approximate surface area is 152 Å². The van der Waals surface area contributed by atoms with Crippen LogP contribution in [0.2, 0.25) is 0 Å². The van der Waals surface area contributed by atoms with Crippen LogP contribution < -0.4 is 0 Å². The number of thiophene rings is 1. The Bertz CT molecular complexity index is 1120. The van der Waals surface area contributed by atoms with Gasteiger partial charge in [-0.1, -0.05) is 58.4 Å². The third kappa shape index (κ3) is 2.15. The zero-order valence-corrected chi connectivity index (χ0v) is 15.3. The Morgan fingerprint density at radius 1 is 1.04 bits per heavy atom. The number of pyridine rings is 1. The molecule has 0 bridgehead atoms. The zero-order chi connectivity index (χ0) is 16.1. The van der Waals surface area contributed by atoms with Gasteiger partial charge in [0, 0.05) is 31.1 Å². The number of rotatable bonds is 1. The molecule has 0 saturated heterocycles. The first kappa shape index (κ1) is 14.4. The van der Waals surface area contributed by atoms with Gasteiger partial charge in [-0.05, 0) is 36.6 Å². The van der Waals surface area contributed by atoms with Crippen LogP contribution in [0.3, 0.4) is 0 Å². The molecule has 2 heterocycles. The van der Waals surface area contributed by atoms with Crippen LogP contribution in [0.5, 0.6) is 0 Å². The lowest BCUT2D eigenvalue weighted by Gasteiger charge is -2.16. The van der Waals surface area contributed by atoms with Crippen LogP contribution in [-0.2, 0) is 6.42 Å². The smallest absolute Gasteiger partial charge is 0.125 e. The Kier molecular flexibility index (Phi) is 3.32. The van der Waals surface area contributed by atoms with E-state index >= 15 is 0 Å². The first-order valence-electron chi connectivity index (χ1n) is 8.08. The average molecular weight is 392 g/mol. The van der Waals surface area contributed by atoms with Crippen molar-refractivity contribution in [3.8, 4) is 11.3 Å². The maximum Gasteiger partial charge on any atom is 0.125 e. The molecule has 4 aromatic rings. The molecule has 0 amide bonds. The fourth-order valence-corrected chi connectivity index (χ4v) is 5.07. The van der Waals surface area contributed by atoms with Crippen LogP contribution in [0.25, 0.3) is 37.6 Å². The third-order valence-corrected chi connectivity index (χ3v) is 6.17. The molecule has 0 spiro atoms. The predicted octanol–water partition coefficient (Wildman–Crippen LogP) is 6.84. The van der Waals surface area contributed by atoms with Gasteiger partial charge in [0.25, 0.3) is 0 Å². The number of fused-ring (bicyclic) bond motifs is 5. The number of aryl methyl sites for hydroxylation is 1. The SMILES string of the molecule is Brc1cccc(-c2nc3sc4ccccc4c3c3c2C=CCC3)c1. The summed E-state index contributed by atoms with van der Waals surface area (Å²) in [5, 5.41) is 2.70. The predicted molar refractivity (Wildman–Crippen MR) is 108 cm³/mol. The fraction of sp³-hybridized carbons (Fsp3) is 0.0952. The summed E-state index contributed by atoms with van der Waals surface area (Å²) in [5.74, 6) is 0. The molecule has 1 aliphatic carbocycles. The van der Waals surface area contributed by atoms with Gasteiger partial charge in [-0.3, -0.25) is 0 Å². The van der Waals surface area contributed by atoms with Gasteiger partial charge in [0.2, 0.25) is 0 Å². The molecule has 24 heavy (non-hydrogen) atoms.